The van der Waals surface area contributed by atoms with E-state index in [2.05, 4.69) is 36.7 Å². The van der Waals surface area contributed by atoms with Crippen molar-refractivity contribution in [2.24, 2.45) is 11.1 Å². The summed E-state index contributed by atoms with van der Waals surface area (Å²) >= 11 is 9.75. The van der Waals surface area contributed by atoms with Crippen LogP contribution < -0.4 is 10.5 Å². The Morgan fingerprint density at radius 1 is 1.45 bits per heavy atom. The number of rotatable bonds is 5. The number of amides is 1. The number of nitrogens with two attached hydrogens (primary N) is 1. The van der Waals surface area contributed by atoms with Crippen molar-refractivity contribution < 1.29 is 14.3 Å². The van der Waals surface area contributed by atoms with E-state index in [1.165, 1.54) is 0 Å². The van der Waals surface area contributed by atoms with Crippen molar-refractivity contribution in [1.82, 2.24) is 0 Å². The molecule has 0 fully saturated rings. The molecule has 0 saturated carbocycles. The zero-order valence-corrected chi connectivity index (χ0v) is 16.0. The third-order valence-electron chi connectivity index (χ3n) is 3.40. The Morgan fingerprint density at radius 2 is 2.05 bits per heavy atom. The number of methoxy groups -OCH3 is 1. The first-order valence-corrected chi connectivity index (χ1v) is 8.22. The normalized spacial score (nSPS) is 12.9. The molecule has 1 rings (SSSR count). The topological polar surface area (TPSA) is 61.6 Å². The summed E-state index contributed by atoms with van der Waals surface area (Å²) in [4.78, 5) is 11.3. The van der Waals surface area contributed by atoms with E-state index < -0.39 is 12.2 Å². The Bertz CT molecular complexity index is 555. The second-order valence-corrected chi connectivity index (χ2v) is 7.64. The fraction of sp³-hybridized carbons (Fsp3) is 0.562. The maximum absolute atomic E-state index is 11.3. The number of primary amides is 1. The van der Waals surface area contributed by atoms with Gasteiger partial charge in [-0.3, -0.25) is 0 Å². The van der Waals surface area contributed by atoms with Gasteiger partial charge in [-0.2, -0.15) is 0 Å². The third-order valence-corrected chi connectivity index (χ3v) is 4.74. The Kier molecular flexibility index (Phi) is 6.56. The predicted octanol–water partition coefficient (Wildman–Crippen LogP) is 5.38. The highest BCUT2D eigenvalue weighted by Crippen LogP contribution is 2.42. The van der Waals surface area contributed by atoms with E-state index in [-0.39, 0.29) is 5.41 Å². The quantitative estimate of drug-likeness (QED) is 0.731. The minimum absolute atomic E-state index is 0.109. The molecule has 124 valence electrons. The van der Waals surface area contributed by atoms with Crippen LogP contribution in [-0.2, 0) is 4.74 Å². The molecule has 4 nitrogen and oxygen atoms in total. The van der Waals surface area contributed by atoms with Gasteiger partial charge in [0, 0.05) is 10.6 Å². The molecule has 1 amide bonds. The lowest BCUT2D eigenvalue weighted by Gasteiger charge is -2.25. The molecule has 1 aromatic carbocycles. The fourth-order valence-electron chi connectivity index (χ4n) is 2.14. The number of hydrogen-bond acceptors (Lipinski definition) is 3. The van der Waals surface area contributed by atoms with E-state index in [4.69, 9.17) is 26.8 Å². The number of carbonyl (C=O) groups is 1. The average molecular weight is 393 g/mol. The molecule has 2 N–H and O–H groups in total. The number of carbonyl (C=O) groups excluding carboxylic acids is 1. The van der Waals surface area contributed by atoms with Gasteiger partial charge < -0.3 is 15.2 Å². The van der Waals surface area contributed by atoms with Gasteiger partial charge in [0.15, 0.2) is 0 Å². The molecule has 0 aromatic heterocycles. The summed E-state index contributed by atoms with van der Waals surface area (Å²) in [5, 5.41) is 0.580. The van der Waals surface area contributed by atoms with E-state index in [9.17, 15) is 4.79 Å². The van der Waals surface area contributed by atoms with Gasteiger partial charge in [0.2, 0.25) is 0 Å². The van der Waals surface area contributed by atoms with Crippen LogP contribution in [0.4, 0.5) is 4.79 Å². The summed E-state index contributed by atoms with van der Waals surface area (Å²) in [5.74, 6) is 0.613. The van der Waals surface area contributed by atoms with E-state index in [1.807, 2.05) is 6.92 Å². The molecule has 1 unspecified atom stereocenters. The van der Waals surface area contributed by atoms with E-state index in [0.717, 1.165) is 16.5 Å². The summed E-state index contributed by atoms with van der Waals surface area (Å²) in [5.41, 5.74) is 6.92. The van der Waals surface area contributed by atoms with Crippen LogP contribution in [0.1, 0.15) is 50.8 Å². The third kappa shape index (κ3) is 5.06. The van der Waals surface area contributed by atoms with Crippen molar-refractivity contribution in [3.8, 4) is 5.75 Å². The molecule has 0 aliphatic rings. The lowest BCUT2D eigenvalue weighted by atomic mass is 9.87. The first kappa shape index (κ1) is 19.1. The number of ether oxygens (including phenoxy) is 2. The first-order chi connectivity index (χ1) is 10.1. The molecule has 1 aromatic rings. The standard InChI is InChI=1S/C16H23BrClNO3/c1-9-11(18)8-10(14(21-5)13(9)17)12(22-15(19)20)6-7-16(2,3)4/h8,12H,6-7H2,1-5H3,(H2,19,20). The minimum atomic E-state index is -0.811. The van der Waals surface area contributed by atoms with Crippen LogP contribution in [0.2, 0.25) is 5.02 Å². The molecule has 0 spiro atoms. The zero-order valence-electron chi connectivity index (χ0n) is 13.6. The minimum Gasteiger partial charge on any atom is -0.495 e. The molecule has 0 radical (unpaired) electrons. The summed E-state index contributed by atoms with van der Waals surface area (Å²) in [7, 11) is 1.57. The maximum atomic E-state index is 11.3. The Balaban J connectivity index is 3.26. The van der Waals surface area contributed by atoms with Crippen molar-refractivity contribution >= 4 is 33.6 Å². The Hall–Kier alpha value is -0.940. The SMILES string of the molecule is COc1c(C(CCC(C)(C)C)OC(N)=O)cc(Cl)c(C)c1Br. The summed E-state index contributed by atoms with van der Waals surface area (Å²) in [6.07, 6.45) is 0.182. The molecular formula is C16H23BrClNO3. The number of benzene rings is 1. The molecular weight excluding hydrogens is 370 g/mol. The first-order valence-electron chi connectivity index (χ1n) is 7.05. The van der Waals surface area contributed by atoms with Gasteiger partial charge in [0.1, 0.15) is 11.9 Å². The molecule has 0 saturated heterocycles. The summed E-state index contributed by atoms with van der Waals surface area (Å²) in [6, 6.07) is 1.77. The van der Waals surface area contributed by atoms with Gasteiger partial charge in [-0.05, 0) is 52.7 Å². The van der Waals surface area contributed by atoms with Crippen molar-refractivity contribution in [2.75, 3.05) is 7.11 Å². The van der Waals surface area contributed by atoms with Crippen LogP contribution in [0.5, 0.6) is 5.75 Å². The van der Waals surface area contributed by atoms with Crippen LogP contribution in [0.25, 0.3) is 0 Å². The van der Waals surface area contributed by atoms with E-state index in [0.29, 0.717) is 22.8 Å². The highest BCUT2D eigenvalue weighted by atomic mass is 79.9. The highest BCUT2D eigenvalue weighted by Gasteiger charge is 2.25. The predicted molar refractivity (Wildman–Crippen MR) is 92.5 cm³/mol. The maximum Gasteiger partial charge on any atom is 0.405 e. The number of hydrogen-bond donors (Lipinski definition) is 1. The van der Waals surface area contributed by atoms with Gasteiger partial charge in [-0.1, -0.05) is 32.4 Å². The molecule has 22 heavy (non-hydrogen) atoms. The van der Waals surface area contributed by atoms with Crippen LogP contribution in [0, 0.1) is 12.3 Å². The van der Waals surface area contributed by atoms with Gasteiger partial charge in [-0.25, -0.2) is 4.79 Å². The number of halogens is 2. The lowest BCUT2D eigenvalue weighted by molar-refractivity contribution is 0.0912. The smallest absolute Gasteiger partial charge is 0.405 e. The Labute approximate surface area is 145 Å². The van der Waals surface area contributed by atoms with Gasteiger partial charge in [0.25, 0.3) is 0 Å². The van der Waals surface area contributed by atoms with Gasteiger partial charge in [0.05, 0.1) is 11.6 Å². The molecule has 0 heterocycles. The molecule has 0 bridgehead atoms. The zero-order chi connectivity index (χ0) is 17.1. The summed E-state index contributed by atoms with van der Waals surface area (Å²) in [6.45, 7) is 8.27. The fourth-order valence-corrected chi connectivity index (χ4v) is 3.07. The van der Waals surface area contributed by atoms with Crippen molar-refractivity contribution in [1.29, 1.82) is 0 Å². The lowest BCUT2D eigenvalue weighted by Crippen LogP contribution is -2.19. The van der Waals surface area contributed by atoms with Crippen LogP contribution in [0.3, 0.4) is 0 Å². The second kappa shape index (κ2) is 7.55. The molecule has 6 heteroatoms. The largest absolute Gasteiger partial charge is 0.495 e. The van der Waals surface area contributed by atoms with Gasteiger partial charge in [-0.15, -0.1) is 0 Å². The van der Waals surface area contributed by atoms with Crippen molar-refractivity contribution in [3.05, 3.63) is 26.7 Å². The van der Waals surface area contributed by atoms with E-state index in [1.54, 1.807) is 13.2 Å². The summed E-state index contributed by atoms with van der Waals surface area (Å²) < 4.78 is 11.5. The average Bonchev–Trinajstić information content (AvgIpc) is 2.39. The van der Waals surface area contributed by atoms with E-state index >= 15 is 0 Å². The molecule has 0 aliphatic heterocycles. The Morgan fingerprint density at radius 3 is 2.50 bits per heavy atom. The van der Waals surface area contributed by atoms with Crippen LogP contribution in [0.15, 0.2) is 10.5 Å². The van der Waals surface area contributed by atoms with Gasteiger partial charge >= 0.3 is 6.09 Å². The monoisotopic (exact) mass is 391 g/mol. The molecule has 1 atom stereocenters. The molecule has 0 aliphatic carbocycles. The second-order valence-electron chi connectivity index (χ2n) is 6.44. The van der Waals surface area contributed by atoms with Crippen molar-refractivity contribution in [3.63, 3.8) is 0 Å². The van der Waals surface area contributed by atoms with Crippen molar-refractivity contribution in [2.45, 2.75) is 46.6 Å². The highest BCUT2D eigenvalue weighted by molar-refractivity contribution is 9.10. The van der Waals surface area contributed by atoms with Crippen LogP contribution in [-0.4, -0.2) is 13.2 Å². The van der Waals surface area contributed by atoms with Crippen LogP contribution >= 0.6 is 27.5 Å².